The SMILES string of the molecule is CCNc1nnc(Cn2c(=O)oc3ccc(C)cc32)s1. The number of aryl methyl sites for hydroxylation is 1. The van der Waals surface area contributed by atoms with E-state index in [4.69, 9.17) is 4.42 Å². The second-order valence-electron chi connectivity index (χ2n) is 4.46. The average Bonchev–Trinajstić information content (AvgIpc) is 2.97. The fraction of sp³-hybridized carbons (Fsp3) is 0.308. The molecule has 3 rings (SSSR count). The fourth-order valence-corrected chi connectivity index (χ4v) is 2.79. The van der Waals surface area contributed by atoms with Crippen LogP contribution in [-0.2, 0) is 6.54 Å². The molecule has 0 aliphatic rings. The van der Waals surface area contributed by atoms with E-state index in [2.05, 4.69) is 15.5 Å². The Kier molecular flexibility index (Phi) is 3.27. The maximum absolute atomic E-state index is 11.9. The minimum Gasteiger partial charge on any atom is -0.408 e. The van der Waals surface area contributed by atoms with E-state index >= 15 is 0 Å². The Morgan fingerprint density at radius 2 is 2.25 bits per heavy atom. The normalized spacial score (nSPS) is 11.1. The summed E-state index contributed by atoms with van der Waals surface area (Å²) in [6.07, 6.45) is 0. The first kappa shape index (κ1) is 12.9. The van der Waals surface area contributed by atoms with E-state index in [-0.39, 0.29) is 5.76 Å². The highest BCUT2D eigenvalue weighted by molar-refractivity contribution is 7.15. The number of nitrogens with one attached hydrogen (secondary N) is 1. The van der Waals surface area contributed by atoms with Crippen molar-refractivity contribution in [1.29, 1.82) is 0 Å². The van der Waals surface area contributed by atoms with Crippen molar-refractivity contribution in [2.75, 3.05) is 11.9 Å². The van der Waals surface area contributed by atoms with Crippen LogP contribution in [0.3, 0.4) is 0 Å². The molecular formula is C13H14N4O2S. The van der Waals surface area contributed by atoms with Crippen LogP contribution in [0, 0.1) is 6.92 Å². The fourth-order valence-electron chi connectivity index (χ4n) is 2.00. The Hall–Kier alpha value is -2.15. The zero-order valence-electron chi connectivity index (χ0n) is 11.2. The largest absolute Gasteiger partial charge is 0.420 e. The number of benzene rings is 1. The van der Waals surface area contributed by atoms with Gasteiger partial charge in [-0.1, -0.05) is 17.4 Å². The second-order valence-corrected chi connectivity index (χ2v) is 5.52. The first-order valence-corrected chi connectivity index (χ1v) is 7.15. The first-order chi connectivity index (χ1) is 9.67. The molecular weight excluding hydrogens is 276 g/mol. The monoisotopic (exact) mass is 290 g/mol. The molecule has 0 aliphatic carbocycles. The van der Waals surface area contributed by atoms with Gasteiger partial charge in [-0.15, -0.1) is 10.2 Å². The lowest BCUT2D eigenvalue weighted by atomic mass is 10.2. The number of anilines is 1. The molecule has 104 valence electrons. The van der Waals surface area contributed by atoms with Crippen molar-refractivity contribution in [2.45, 2.75) is 20.4 Å². The molecule has 3 aromatic rings. The van der Waals surface area contributed by atoms with Crippen LogP contribution in [0.1, 0.15) is 17.5 Å². The number of oxazole rings is 1. The Labute approximate surface area is 119 Å². The lowest BCUT2D eigenvalue weighted by Gasteiger charge is -1.98. The van der Waals surface area contributed by atoms with Crippen molar-refractivity contribution in [1.82, 2.24) is 14.8 Å². The Morgan fingerprint density at radius 1 is 1.40 bits per heavy atom. The van der Waals surface area contributed by atoms with Crippen molar-refractivity contribution in [3.05, 3.63) is 39.3 Å². The van der Waals surface area contributed by atoms with Crippen LogP contribution < -0.4 is 11.1 Å². The summed E-state index contributed by atoms with van der Waals surface area (Å²) in [6.45, 7) is 5.15. The molecule has 0 fully saturated rings. The molecule has 1 N–H and O–H groups in total. The van der Waals surface area contributed by atoms with Crippen LogP contribution in [0.4, 0.5) is 5.13 Å². The quantitative estimate of drug-likeness (QED) is 0.797. The molecule has 0 radical (unpaired) electrons. The molecule has 7 heteroatoms. The molecule has 0 unspecified atom stereocenters. The van der Waals surface area contributed by atoms with E-state index in [9.17, 15) is 4.79 Å². The Morgan fingerprint density at radius 3 is 3.05 bits per heavy atom. The van der Waals surface area contributed by atoms with Gasteiger partial charge in [0.25, 0.3) is 0 Å². The first-order valence-electron chi connectivity index (χ1n) is 6.33. The molecule has 20 heavy (non-hydrogen) atoms. The highest BCUT2D eigenvalue weighted by Gasteiger charge is 2.12. The van der Waals surface area contributed by atoms with Gasteiger partial charge in [-0.2, -0.15) is 0 Å². The molecule has 2 aromatic heterocycles. The molecule has 0 spiro atoms. The average molecular weight is 290 g/mol. The molecule has 6 nitrogen and oxygen atoms in total. The minimum atomic E-state index is -0.370. The van der Waals surface area contributed by atoms with Crippen LogP contribution in [0.2, 0.25) is 0 Å². The van der Waals surface area contributed by atoms with Gasteiger partial charge in [0, 0.05) is 6.54 Å². The van der Waals surface area contributed by atoms with Gasteiger partial charge in [0.15, 0.2) is 5.58 Å². The van der Waals surface area contributed by atoms with Gasteiger partial charge in [0.1, 0.15) is 5.01 Å². The van der Waals surface area contributed by atoms with Crippen molar-refractivity contribution >= 4 is 27.6 Å². The Bertz CT molecular complexity index is 802. The van der Waals surface area contributed by atoms with E-state index < -0.39 is 0 Å². The summed E-state index contributed by atoms with van der Waals surface area (Å²) in [7, 11) is 0. The topological polar surface area (TPSA) is 73.0 Å². The van der Waals surface area contributed by atoms with Crippen molar-refractivity contribution < 1.29 is 4.42 Å². The van der Waals surface area contributed by atoms with Crippen LogP contribution in [0.15, 0.2) is 27.4 Å². The smallest absolute Gasteiger partial charge is 0.408 e. The van der Waals surface area contributed by atoms with E-state index in [1.54, 1.807) is 4.57 Å². The van der Waals surface area contributed by atoms with Gasteiger partial charge in [-0.3, -0.25) is 4.57 Å². The van der Waals surface area contributed by atoms with Gasteiger partial charge in [0.2, 0.25) is 5.13 Å². The third kappa shape index (κ3) is 2.32. The summed E-state index contributed by atoms with van der Waals surface area (Å²) >= 11 is 1.44. The molecule has 0 saturated heterocycles. The standard InChI is InChI=1S/C13H14N4O2S/c1-3-14-12-16-15-11(20-12)7-17-9-6-8(2)4-5-10(9)19-13(17)18/h4-6H,3,7H2,1-2H3,(H,14,16). The second kappa shape index (κ2) is 5.09. The maximum atomic E-state index is 11.9. The number of aromatic nitrogens is 3. The van der Waals surface area contributed by atoms with Gasteiger partial charge in [-0.05, 0) is 31.5 Å². The number of hydrogen-bond donors (Lipinski definition) is 1. The Balaban J connectivity index is 1.99. The van der Waals surface area contributed by atoms with Crippen LogP contribution >= 0.6 is 11.3 Å². The molecule has 0 aliphatic heterocycles. The molecule has 1 aromatic carbocycles. The summed E-state index contributed by atoms with van der Waals surface area (Å²) in [4.78, 5) is 11.9. The van der Waals surface area contributed by atoms with Gasteiger partial charge >= 0.3 is 5.76 Å². The maximum Gasteiger partial charge on any atom is 0.420 e. The third-order valence-electron chi connectivity index (χ3n) is 2.91. The predicted octanol–water partition coefficient (Wildman–Crippen LogP) is 2.23. The molecule has 2 heterocycles. The molecule has 0 saturated carbocycles. The van der Waals surface area contributed by atoms with Crippen LogP contribution in [0.5, 0.6) is 0 Å². The summed E-state index contributed by atoms with van der Waals surface area (Å²) in [6, 6.07) is 5.67. The van der Waals surface area contributed by atoms with Gasteiger partial charge < -0.3 is 9.73 Å². The molecule has 0 atom stereocenters. The highest BCUT2D eigenvalue weighted by atomic mass is 32.1. The number of hydrogen-bond acceptors (Lipinski definition) is 6. The summed E-state index contributed by atoms with van der Waals surface area (Å²) in [5.41, 5.74) is 2.46. The lowest BCUT2D eigenvalue weighted by Crippen LogP contribution is -2.14. The van der Waals surface area contributed by atoms with Gasteiger partial charge in [0.05, 0.1) is 12.1 Å². The number of rotatable bonds is 4. The molecule has 0 bridgehead atoms. The van der Waals surface area contributed by atoms with Crippen molar-refractivity contribution in [3.8, 4) is 0 Å². The van der Waals surface area contributed by atoms with E-state index in [1.807, 2.05) is 32.0 Å². The summed E-state index contributed by atoms with van der Waals surface area (Å²) in [5.74, 6) is -0.370. The van der Waals surface area contributed by atoms with Crippen LogP contribution in [0.25, 0.3) is 11.1 Å². The number of nitrogens with zero attached hydrogens (tertiary/aromatic N) is 3. The van der Waals surface area contributed by atoms with E-state index in [0.717, 1.165) is 27.8 Å². The van der Waals surface area contributed by atoms with E-state index in [0.29, 0.717) is 12.1 Å². The predicted molar refractivity (Wildman–Crippen MR) is 78.4 cm³/mol. The zero-order valence-corrected chi connectivity index (χ0v) is 12.0. The summed E-state index contributed by atoms with van der Waals surface area (Å²) < 4.78 is 6.81. The van der Waals surface area contributed by atoms with Crippen molar-refractivity contribution in [2.24, 2.45) is 0 Å². The minimum absolute atomic E-state index is 0.370. The molecule has 0 amide bonds. The lowest BCUT2D eigenvalue weighted by molar-refractivity contribution is 0.517. The highest BCUT2D eigenvalue weighted by Crippen LogP contribution is 2.19. The summed E-state index contributed by atoms with van der Waals surface area (Å²) in [5, 5.41) is 12.7. The number of fused-ring (bicyclic) bond motifs is 1. The van der Waals surface area contributed by atoms with Crippen molar-refractivity contribution in [3.63, 3.8) is 0 Å². The van der Waals surface area contributed by atoms with Gasteiger partial charge in [-0.25, -0.2) is 4.79 Å². The zero-order chi connectivity index (χ0) is 14.1. The van der Waals surface area contributed by atoms with Crippen LogP contribution in [-0.4, -0.2) is 21.3 Å². The van der Waals surface area contributed by atoms with E-state index in [1.165, 1.54) is 11.3 Å². The third-order valence-corrected chi connectivity index (χ3v) is 3.78.